The Bertz CT molecular complexity index is 125. The summed E-state index contributed by atoms with van der Waals surface area (Å²) in [6.07, 6.45) is 4.90. The van der Waals surface area contributed by atoms with Gasteiger partial charge in [0.15, 0.2) is 0 Å². The molecule has 2 atom stereocenters. The third-order valence-corrected chi connectivity index (χ3v) is 3.02. The Labute approximate surface area is 89.9 Å². The average molecular weight is 200 g/mol. The lowest BCUT2D eigenvalue weighted by Crippen LogP contribution is -2.42. The van der Waals surface area contributed by atoms with Crippen molar-refractivity contribution in [1.82, 2.24) is 4.90 Å². The molecule has 0 aliphatic carbocycles. The lowest BCUT2D eigenvalue weighted by atomic mass is 10.1. The van der Waals surface area contributed by atoms with E-state index in [-0.39, 0.29) is 0 Å². The van der Waals surface area contributed by atoms with Gasteiger partial charge in [-0.2, -0.15) is 0 Å². The van der Waals surface area contributed by atoms with Gasteiger partial charge in [0.1, 0.15) is 0 Å². The third-order valence-electron chi connectivity index (χ3n) is 3.02. The van der Waals surface area contributed by atoms with Gasteiger partial charge in [-0.1, -0.05) is 33.6 Å². The van der Waals surface area contributed by atoms with Crippen molar-refractivity contribution in [2.45, 2.75) is 65.5 Å². The number of nitrogens with zero attached hydrogens (tertiary/aromatic N) is 1. The standard InChI is InChI=1S/C12H28N2/c1-5-8-9-12(13)10-14(7-3)11(4)6-2/h11-12H,5-10,13H2,1-4H3. The SMILES string of the molecule is CCCCC(N)CN(CC)C(C)CC. The van der Waals surface area contributed by atoms with Crippen LogP contribution in [-0.2, 0) is 0 Å². The van der Waals surface area contributed by atoms with Gasteiger partial charge in [-0.3, -0.25) is 4.90 Å². The van der Waals surface area contributed by atoms with Crippen LogP contribution in [0.15, 0.2) is 0 Å². The smallest absolute Gasteiger partial charge is 0.0167 e. The van der Waals surface area contributed by atoms with E-state index in [1.165, 1.54) is 25.7 Å². The molecule has 0 spiro atoms. The molecule has 0 saturated heterocycles. The van der Waals surface area contributed by atoms with E-state index in [0.29, 0.717) is 12.1 Å². The van der Waals surface area contributed by atoms with Gasteiger partial charge in [0.05, 0.1) is 0 Å². The van der Waals surface area contributed by atoms with Crippen molar-refractivity contribution in [3.05, 3.63) is 0 Å². The highest BCUT2D eigenvalue weighted by Gasteiger charge is 2.13. The van der Waals surface area contributed by atoms with Crippen LogP contribution in [0.4, 0.5) is 0 Å². The Morgan fingerprint density at radius 3 is 2.29 bits per heavy atom. The van der Waals surface area contributed by atoms with E-state index >= 15 is 0 Å². The number of rotatable bonds is 8. The first-order valence-electron chi connectivity index (χ1n) is 6.15. The molecule has 0 aromatic carbocycles. The molecule has 2 N–H and O–H groups in total. The van der Waals surface area contributed by atoms with E-state index in [0.717, 1.165) is 13.1 Å². The van der Waals surface area contributed by atoms with Crippen LogP contribution >= 0.6 is 0 Å². The predicted molar refractivity (Wildman–Crippen MR) is 64.5 cm³/mol. The summed E-state index contributed by atoms with van der Waals surface area (Å²) in [6.45, 7) is 11.2. The number of likely N-dealkylation sites (N-methyl/N-ethyl adjacent to an activating group) is 1. The quantitative estimate of drug-likeness (QED) is 0.652. The normalized spacial score (nSPS) is 15.9. The van der Waals surface area contributed by atoms with Crippen molar-refractivity contribution < 1.29 is 0 Å². The first kappa shape index (κ1) is 13.9. The van der Waals surface area contributed by atoms with E-state index < -0.39 is 0 Å². The van der Waals surface area contributed by atoms with E-state index in [4.69, 9.17) is 5.73 Å². The van der Waals surface area contributed by atoms with E-state index in [1.807, 2.05) is 0 Å². The summed E-state index contributed by atoms with van der Waals surface area (Å²) < 4.78 is 0. The predicted octanol–water partition coefficient (Wildman–Crippen LogP) is 2.62. The molecule has 0 amide bonds. The molecule has 0 aliphatic heterocycles. The first-order valence-corrected chi connectivity index (χ1v) is 6.15. The zero-order chi connectivity index (χ0) is 11.0. The Balaban J connectivity index is 3.79. The van der Waals surface area contributed by atoms with Crippen LogP contribution in [0.5, 0.6) is 0 Å². The Morgan fingerprint density at radius 2 is 1.86 bits per heavy atom. The first-order chi connectivity index (χ1) is 6.65. The number of hydrogen-bond donors (Lipinski definition) is 1. The molecule has 0 aliphatic rings. The van der Waals surface area contributed by atoms with Gasteiger partial charge >= 0.3 is 0 Å². The van der Waals surface area contributed by atoms with E-state index in [1.54, 1.807) is 0 Å². The molecule has 0 saturated carbocycles. The van der Waals surface area contributed by atoms with Crippen molar-refractivity contribution in [1.29, 1.82) is 0 Å². The van der Waals surface area contributed by atoms with Crippen molar-refractivity contribution in [2.24, 2.45) is 5.73 Å². The minimum Gasteiger partial charge on any atom is -0.327 e. The second-order valence-electron chi connectivity index (χ2n) is 4.25. The lowest BCUT2D eigenvalue weighted by molar-refractivity contribution is 0.198. The summed E-state index contributed by atoms with van der Waals surface area (Å²) in [4.78, 5) is 2.49. The fraction of sp³-hybridized carbons (Fsp3) is 1.00. The Hall–Kier alpha value is -0.0800. The van der Waals surface area contributed by atoms with Crippen LogP contribution in [0.2, 0.25) is 0 Å². The zero-order valence-corrected chi connectivity index (χ0v) is 10.4. The number of hydrogen-bond acceptors (Lipinski definition) is 2. The molecule has 0 heterocycles. The number of unbranched alkanes of at least 4 members (excludes halogenated alkanes) is 1. The Kier molecular flexibility index (Phi) is 8.20. The molecule has 86 valence electrons. The highest BCUT2D eigenvalue weighted by Crippen LogP contribution is 2.06. The molecule has 0 fully saturated rings. The van der Waals surface area contributed by atoms with Gasteiger partial charge in [-0.15, -0.1) is 0 Å². The molecule has 0 bridgehead atoms. The highest BCUT2D eigenvalue weighted by atomic mass is 15.2. The summed E-state index contributed by atoms with van der Waals surface area (Å²) >= 11 is 0. The second-order valence-corrected chi connectivity index (χ2v) is 4.25. The minimum absolute atomic E-state index is 0.365. The van der Waals surface area contributed by atoms with Gasteiger partial charge in [0, 0.05) is 18.6 Å². The van der Waals surface area contributed by atoms with Crippen LogP contribution < -0.4 is 5.73 Å². The summed E-state index contributed by atoms with van der Waals surface area (Å²) in [5.74, 6) is 0. The van der Waals surface area contributed by atoms with Gasteiger partial charge in [0.2, 0.25) is 0 Å². The van der Waals surface area contributed by atoms with Crippen molar-refractivity contribution in [2.75, 3.05) is 13.1 Å². The summed E-state index contributed by atoms with van der Waals surface area (Å²) in [5.41, 5.74) is 6.09. The largest absolute Gasteiger partial charge is 0.327 e. The number of nitrogens with two attached hydrogens (primary N) is 1. The topological polar surface area (TPSA) is 29.3 Å². The molecule has 0 aromatic rings. The van der Waals surface area contributed by atoms with Crippen molar-refractivity contribution in [3.8, 4) is 0 Å². The lowest BCUT2D eigenvalue weighted by Gasteiger charge is -2.29. The molecule has 2 heteroatoms. The summed E-state index contributed by atoms with van der Waals surface area (Å²) in [6, 6.07) is 1.04. The molecule has 14 heavy (non-hydrogen) atoms. The van der Waals surface area contributed by atoms with E-state index in [9.17, 15) is 0 Å². The fourth-order valence-corrected chi connectivity index (χ4v) is 1.74. The summed E-state index contributed by atoms with van der Waals surface area (Å²) in [5, 5.41) is 0. The molecule has 2 unspecified atom stereocenters. The van der Waals surface area contributed by atoms with Crippen LogP contribution in [0, 0.1) is 0 Å². The maximum Gasteiger partial charge on any atom is 0.0167 e. The van der Waals surface area contributed by atoms with Crippen molar-refractivity contribution >= 4 is 0 Å². The molecule has 0 aromatic heterocycles. The van der Waals surface area contributed by atoms with E-state index in [2.05, 4.69) is 32.6 Å². The molecular weight excluding hydrogens is 172 g/mol. The highest BCUT2D eigenvalue weighted by molar-refractivity contribution is 4.71. The maximum absolute atomic E-state index is 6.09. The second kappa shape index (κ2) is 8.25. The molecular formula is C12H28N2. The van der Waals surface area contributed by atoms with Crippen LogP contribution in [0.25, 0.3) is 0 Å². The zero-order valence-electron chi connectivity index (χ0n) is 10.4. The fourth-order valence-electron chi connectivity index (χ4n) is 1.74. The van der Waals surface area contributed by atoms with Crippen LogP contribution in [-0.4, -0.2) is 30.1 Å². The van der Waals surface area contributed by atoms with Crippen LogP contribution in [0.1, 0.15) is 53.4 Å². The average Bonchev–Trinajstić information content (AvgIpc) is 2.21. The summed E-state index contributed by atoms with van der Waals surface area (Å²) in [7, 11) is 0. The van der Waals surface area contributed by atoms with Gasteiger partial charge in [-0.25, -0.2) is 0 Å². The minimum atomic E-state index is 0.365. The monoisotopic (exact) mass is 200 g/mol. The Morgan fingerprint density at radius 1 is 1.21 bits per heavy atom. The molecule has 0 radical (unpaired) electrons. The third kappa shape index (κ3) is 5.61. The van der Waals surface area contributed by atoms with Crippen LogP contribution in [0.3, 0.4) is 0 Å². The molecule has 0 rings (SSSR count). The molecule has 2 nitrogen and oxygen atoms in total. The van der Waals surface area contributed by atoms with Gasteiger partial charge < -0.3 is 5.73 Å². The van der Waals surface area contributed by atoms with Gasteiger partial charge in [0.25, 0.3) is 0 Å². The maximum atomic E-state index is 6.09. The van der Waals surface area contributed by atoms with Gasteiger partial charge in [-0.05, 0) is 26.3 Å². The van der Waals surface area contributed by atoms with Crippen molar-refractivity contribution in [3.63, 3.8) is 0 Å².